The van der Waals surface area contributed by atoms with Crippen LogP contribution in [-0.2, 0) is 9.84 Å². The Bertz CT molecular complexity index is 2950. The van der Waals surface area contributed by atoms with E-state index in [-0.39, 0.29) is 0 Å². The molecule has 1 aliphatic rings. The van der Waals surface area contributed by atoms with E-state index in [1.807, 2.05) is 109 Å². The van der Waals surface area contributed by atoms with Crippen molar-refractivity contribution in [1.29, 1.82) is 0 Å². The van der Waals surface area contributed by atoms with Crippen LogP contribution in [0.15, 0.2) is 184 Å². The molecule has 2 aromatic heterocycles. The maximum atomic E-state index is 13.8. The highest BCUT2D eigenvalue weighted by Gasteiger charge is 2.35. The highest BCUT2D eigenvalue weighted by molar-refractivity contribution is 7.92. The molecule has 3 heterocycles. The first-order chi connectivity index (χ1) is 25.5. The average molecular weight is 689 g/mol. The minimum Gasteiger partial charge on any atom is -0.456 e. The topological polar surface area (TPSA) is 73.1 Å². The van der Waals surface area contributed by atoms with Gasteiger partial charge in [-0.15, -0.1) is 0 Å². The Hall–Kier alpha value is -6.63. The van der Waals surface area contributed by atoms with Gasteiger partial charge in [0.05, 0.1) is 21.2 Å². The molecule has 246 valence electrons. The SMILES string of the molecule is O=S1(=O)c2ccccc2-c2cccc(-c3ccc4c(c3)oc3cccc(-c5nc(-c6ccccc6)cc(-c6ccc(-c7ccccc7)cc6)n5)c34)c21. The van der Waals surface area contributed by atoms with Crippen LogP contribution in [0.25, 0.3) is 89.2 Å². The van der Waals surface area contributed by atoms with Crippen molar-refractivity contribution < 1.29 is 12.8 Å². The molecule has 7 aromatic carbocycles. The molecule has 0 saturated carbocycles. The van der Waals surface area contributed by atoms with Gasteiger partial charge in [0, 0.05) is 44.2 Å². The number of aromatic nitrogens is 2. The molecule has 0 radical (unpaired) electrons. The van der Waals surface area contributed by atoms with Gasteiger partial charge in [0.2, 0.25) is 9.84 Å². The summed E-state index contributed by atoms with van der Waals surface area (Å²) in [6.45, 7) is 0. The summed E-state index contributed by atoms with van der Waals surface area (Å²) < 4.78 is 34.0. The molecule has 9 aromatic rings. The van der Waals surface area contributed by atoms with Crippen LogP contribution in [0.3, 0.4) is 0 Å². The van der Waals surface area contributed by atoms with Crippen LogP contribution >= 0.6 is 0 Å². The minimum absolute atomic E-state index is 0.336. The Balaban J connectivity index is 1.12. The number of rotatable bonds is 5. The van der Waals surface area contributed by atoms with Gasteiger partial charge in [-0.1, -0.05) is 140 Å². The number of hydrogen-bond donors (Lipinski definition) is 0. The number of furan rings is 1. The largest absolute Gasteiger partial charge is 0.456 e. The molecule has 0 spiro atoms. The lowest BCUT2D eigenvalue weighted by Gasteiger charge is -2.11. The summed E-state index contributed by atoms with van der Waals surface area (Å²) in [7, 11) is -3.68. The predicted molar refractivity (Wildman–Crippen MR) is 207 cm³/mol. The van der Waals surface area contributed by atoms with Crippen molar-refractivity contribution in [1.82, 2.24) is 9.97 Å². The molecule has 0 amide bonds. The fourth-order valence-corrected chi connectivity index (χ4v) is 9.30. The van der Waals surface area contributed by atoms with Gasteiger partial charge < -0.3 is 4.42 Å². The Labute approximate surface area is 300 Å². The van der Waals surface area contributed by atoms with Crippen LogP contribution in [0.2, 0.25) is 0 Å². The summed E-state index contributed by atoms with van der Waals surface area (Å²) in [5, 5.41) is 1.80. The van der Waals surface area contributed by atoms with Gasteiger partial charge >= 0.3 is 0 Å². The number of hydrogen-bond acceptors (Lipinski definition) is 5. The molecule has 0 saturated heterocycles. The van der Waals surface area contributed by atoms with E-state index in [4.69, 9.17) is 14.4 Å². The highest BCUT2D eigenvalue weighted by atomic mass is 32.2. The number of nitrogens with zero attached hydrogens (tertiary/aromatic N) is 2. The zero-order valence-corrected chi connectivity index (χ0v) is 28.5. The van der Waals surface area contributed by atoms with Crippen molar-refractivity contribution in [3.05, 3.63) is 170 Å². The van der Waals surface area contributed by atoms with E-state index < -0.39 is 9.84 Å². The second kappa shape index (κ2) is 11.7. The van der Waals surface area contributed by atoms with Gasteiger partial charge in [0.15, 0.2) is 5.82 Å². The average Bonchev–Trinajstić information content (AvgIpc) is 3.70. The Morgan fingerprint density at radius 1 is 0.423 bits per heavy atom. The summed E-state index contributed by atoms with van der Waals surface area (Å²) in [6, 6.07) is 55.7. The molecular weight excluding hydrogens is 661 g/mol. The van der Waals surface area contributed by atoms with Gasteiger partial charge in [0.1, 0.15) is 11.2 Å². The lowest BCUT2D eigenvalue weighted by molar-refractivity contribution is 0.599. The quantitative estimate of drug-likeness (QED) is 0.180. The van der Waals surface area contributed by atoms with Gasteiger partial charge in [-0.2, -0.15) is 0 Å². The van der Waals surface area contributed by atoms with Crippen LogP contribution in [0.4, 0.5) is 0 Å². The van der Waals surface area contributed by atoms with Crippen molar-refractivity contribution in [2.45, 2.75) is 9.79 Å². The van der Waals surface area contributed by atoms with Crippen LogP contribution in [0.1, 0.15) is 0 Å². The van der Waals surface area contributed by atoms with Crippen molar-refractivity contribution >= 4 is 31.8 Å². The minimum atomic E-state index is -3.68. The van der Waals surface area contributed by atoms with Crippen molar-refractivity contribution in [2.75, 3.05) is 0 Å². The zero-order valence-electron chi connectivity index (χ0n) is 27.7. The van der Waals surface area contributed by atoms with Gasteiger partial charge in [-0.05, 0) is 47.0 Å². The first-order valence-electron chi connectivity index (χ1n) is 17.1. The standard InChI is InChI=1S/C46H28N2O3S/c49-52(50)43-20-8-7-15-35(43)36-17-9-16-34(45(36)52)33-25-26-37-42(27-33)51-41-19-10-18-38(44(37)41)46-47-39(31-13-5-2-6-14-31)28-40(48-46)32-23-21-30(22-24-32)29-11-3-1-4-12-29/h1-28H. The molecule has 5 nitrogen and oxygen atoms in total. The molecule has 0 fully saturated rings. The monoisotopic (exact) mass is 688 g/mol. The smallest absolute Gasteiger partial charge is 0.208 e. The van der Waals surface area contributed by atoms with Gasteiger partial charge in [0.25, 0.3) is 0 Å². The summed E-state index contributed by atoms with van der Waals surface area (Å²) in [5.41, 5.74) is 11.0. The Kier molecular flexibility index (Phi) is 6.81. The second-order valence-corrected chi connectivity index (χ2v) is 14.8. The first-order valence-corrected chi connectivity index (χ1v) is 18.6. The van der Waals surface area contributed by atoms with E-state index in [9.17, 15) is 8.42 Å². The molecular formula is C46H28N2O3S. The Morgan fingerprint density at radius 3 is 1.75 bits per heavy atom. The number of benzene rings is 7. The number of sulfone groups is 1. The van der Waals surface area contributed by atoms with Gasteiger partial charge in [-0.25, -0.2) is 18.4 Å². The van der Waals surface area contributed by atoms with Crippen LogP contribution in [-0.4, -0.2) is 18.4 Å². The molecule has 0 aliphatic carbocycles. The molecule has 0 bridgehead atoms. The summed E-state index contributed by atoms with van der Waals surface area (Å²) >= 11 is 0. The molecule has 6 heteroatoms. The molecule has 0 unspecified atom stereocenters. The maximum Gasteiger partial charge on any atom is 0.208 e. The third-order valence-electron chi connectivity index (χ3n) is 9.88. The van der Waals surface area contributed by atoms with Crippen LogP contribution < -0.4 is 0 Å². The maximum absolute atomic E-state index is 13.8. The molecule has 52 heavy (non-hydrogen) atoms. The van der Waals surface area contributed by atoms with Crippen molar-refractivity contribution in [3.8, 4) is 67.3 Å². The highest BCUT2D eigenvalue weighted by Crippen LogP contribution is 2.48. The summed E-state index contributed by atoms with van der Waals surface area (Å²) in [4.78, 5) is 11.0. The van der Waals surface area contributed by atoms with Gasteiger partial charge in [-0.3, -0.25) is 0 Å². The van der Waals surface area contributed by atoms with E-state index in [2.05, 4.69) is 48.5 Å². The predicted octanol–water partition coefficient (Wildman–Crippen LogP) is 11.5. The van der Waals surface area contributed by atoms with Crippen molar-refractivity contribution in [3.63, 3.8) is 0 Å². The lowest BCUT2D eigenvalue weighted by atomic mass is 9.97. The lowest BCUT2D eigenvalue weighted by Crippen LogP contribution is -1.99. The number of fused-ring (bicyclic) bond motifs is 6. The van der Waals surface area contributed by atoms with E-state index in [1.165, 1.54) is 0 Å². The van der Waals surface area contributed by atoms with E-state index >= 15 is 0 Å². The van der Waals surface area contributed by atoms with E-state index in [0.717, 1.165) is 66.7 Å². The van der Waals surface area contributed by atoms with Crippen LogP contribution in [0.5, 0.6) is 0 Å². The van der Waals surface area contributed by atoms with E-state index in [1.54, 1.807) is 12.1 Å². The molecule has 10 rings (SSSR count). The fraction of sp³-hybridized carbons (Fsp3) is 0. The van der Waals surface area contributed by atoms with E-state index in [0.29, 0.717) is 32.3 Å². The normalized spacial score (nSPS) is 12.9. The molecule has 1 aliphatic heterocycles. The zero-order chi connectivity index (χ0) is 34.8. The summed E-state index contributed by atoms with van der Waals surface area (Å²) in [6.07, 6.45) is 0. The van der Waals surface area contributed by atoms with Crippen molar-refractivity contribution in [2.24, 2.45) is 0 Å². The first kappa shape index (κ1) is 30.2. The third kappa shape index (κ3) is 4.80. The molecule has 0 atom stereocenters. The Morgan fingerprint density at radius 2 is 0.981 bits per heavy atom. The summed E-state index contributed by atoms with van der Waals surface area (Å²) in [5.74, 6) is 0.589. The second-order valence-electron chi connectivity index (χ2n) is 12.9. The fourth-order valence-electron chi connectivity index (χ4n) is 7.42. The molecule has 0 N–H and O–H groups in total. The third-order valence-corrected chi connectivity index (χ3v) is 11.8. The van der Waals surface area contributed by atoms with Crippen LogP contribution in [0, 0.1) is 0 Å².